The van der Waals surface area contributed by atoms with E-state index in [0.717, 1.165) is 39.6 Å². The van der Waals surface area contributed by atoms with E-state index in [1.54, 1.807) is 11.8 Å². The largest absolute Gasteiger partial charge is 0.301 e. The zero-order chi connectivity index (χ0) is 14.3. The first kappa shape index (κ1) is 13.5. The highest BCUT2D eigenvalue weighted by atomic mass is 32.2. The molecule has 0 aliphatic carbocycles. The number of thiophene rings is 1. The van der Waals surface area contributed by atoms with Crippen molar-refractivity contribution in [2.24, 2.45) is 4.99 Å². The Hall–Kier alpha value is -1.47. The molecule has 0 fully saturated rings. The maximum absolute atomic E-state index is 12.3. The van der Waals surface area contributed by atoms with E-state index < -0.39 is 0 Å². The number of rotatable bonds is 1. The van der Waals surface area contributed by atoms with Crippen LogP contribution in [0.15, 0.2) is 4.99 Å². The zero-order valence-electron chi connectivity index (χ0n) is 11.5. The highest BCUT2D eigenvalue weighted by molar-refractivity contribution is 8.14. The second-order valence-corrected chi connectivity index (χ2v) is 6.66. The molecule has 0 saturated heterocycles. The van der Waals surface area contributed by atoms with Crippen LogP contribution in [-0.2, 0) is 0 Å². The number of amides is 1. The van der Waals surface area contributed by atoms with Gasteiger partial charge in [-0.1, -0.05) is 11.8 Å². The van der Waals surface area contributed by atoms with Crippen molar-refractivity contribution in [1.29, 1.82) is 0 Å². The van der Waals surface area contributed by atoms with Gasteiger partial charge in [-0.05, 0) is 26.3 Å². The Morgan fingerprint density at radius 2 is 2.05 bits per heavy atom. The first-order valence-corrected chi connectivity index (χ1v) is 8.09. The molecule has 3 rings (SSSR count). The number of aliphatic imine (C=N–C) groups is 1. The molecule has 0 saturated carbocycles. The van der Waals surface area contributed by atoms with Gasteiger partial charge in [-0.25, -0.2) is 9.97 Å². The van der Waals surface area contributed by atoms with Crippen molar-refractivity contribution in [3.63, 3.8) is 0 Å². The minimum atomic E-state index is -0.101. The van der Waals surface area contributed by atoms with Crippen molar-refractivity contribution in [1.82, 2.24) is 15.3 Å². The standard InChI is InChI=1S/C13H14N4OS2/c1-6-9-7(2)15-8(3)16-12(9)20-10(6)11(18)17-13-14-4-5-19-13/h4-5H2,1-3H3,(H,14,17,18). The van der Waals surface area contributed by atoms with Crippen LogP contribution in [0.5, 0.6) is 0 Å². The number of carbonyl (C=O) groups excluding carboxylic acids is 1. The number of fused-ring (bicyclic) bond motifs is 1. The Balaban J connectivity index is 2.01. The molecule has 1 N–H and O–H groups in total. The Kier molecular flexibility index (Phi) is 3.47. The van der Waals surface area contributed by atoms with E-state index in [9.17, 15) is 4.79 Å². The molecular formula is C13H14N4OS2. The van der Waals surface area contributed by atoms with E-state index in [-0.39, 0.29) is 5.91 Å². The third kappa shape index (κ3) is 2.31. The van der Waals surface area contributed by atoms with Crippen LogP contribution in [0.2, 0.25) is 0 Å². The lowest BCUT2D eigenvalue weighted by atomic mass is 10.1. The van der Waals surface area contributed by atoms with Crippen molar-refractivity contribution >= 4 is 44.4 Å². The summed E-state index contributed by atoms with van der Waals surface area (Å²) in [6.07, 6.45) is 0. The predicted octanol–water partition coefficient (Wildman–Crippen LogP) is 2.45. The van der Waals surface area contributed by atoms with Crippen molar-refractivity contribution in [2.75, 3.05) is 12.3 Å². The maximum atomic E-state index is 12.3. The summed E-state index contributed by atoms with van der Waals surface area (Å²) in [7, 11) is 0. The lowest BCUT2D eigenvalue weighted by Crippen LogP contribution is -2.27. The summed E-state index contributed by atoms with van der Waals surface area (Å²) >= 11 is 2.99. The lowest BCUT2D eigenvalue weighted by Gasteiger charge is -2.02. The van der Waals surface area contributed by atoms with Gasteiger partial charge in [0.05, 0.1) is 11.4 Å². The fraction of sp³-hybridized carbons (Fsp3) is 0.385. The van der Waals surface area contributed by atoms with Gasteiger partial charge in [0.2, 0.25) is 0 Å². The monoisotopic (exact) mass is 306 g/mol. The van der Waals surface area contributed by atoms with Gasteiger partial charge in [-0.3, -0.25) is 9.79 Å². The van der Waals surface area contributed by atoms with Crippen LogP contribution in [0.1, 0.15) is 26.8 Å². The lowest BCUT2D eigenvalue weighted by molar-refractivity contribution is 0.0981. The molecule has 1 aliphatic heterocycles. The normalized spacial score (nSPS) is 14.7. The molecule has 0 atom stereocenters. The van der Waals surface area contributed by atoms with Gasteiger partial charge in [-0.15, -0.1) is 11.3 Å². The molecule has 3 heterocycles. The van der Waals surface area contributed by atoms with Gasteiger partial charge >= 0.3 is 0 Å². The van der Waals surface area contributed by atoms with Gasteiger partial charge in [0.15, 0.2) is 5.17 Å². The average Bonchev–Trinajstić information content (AvgIpc) is 2.97. The number of aryl methyl sites for hydroxylation is 3. The molecule has 0 aromatic carbocycles. The van der Waals surface area contributed by atoms with Crippen molar-refractivity contribution in [3.05, 3.63) is 22.0 Å². The van der Waals surface area contributed by atoms with Crippen LogP contribution in [-0.4, -0.2) is 33.3 Å². The van der Waals surface area contributed by atoms with Crippen LogP contribution in [0.4, 0.5) is 0 Å². The highest BCUT2D eigenvalue weighted by Crippen LogP contribution is 2.31. The van der Waals surface area contributed by atoms with Gasteiger partial charge in [0.25, 0.3) is 5.91 Å². The number of hydrogen-bond acceptors (Lipinski definition) is 6. The van der Waals surface area contributed by atoms with Gasteiger partial charge in [-0.2, -0.15) is 0 Å². The highest BCUT2D eigenvalue weighted by Gasteiger charge is 2.20. The molecule has 0 bridgehead atoms. The second kappa shape index (κ2) is 5.14. The number of amidine groups is 1. The van der Waals surface area contributed by atoms with Crippen LogP contribution in [0.3, 0.4) is 0 Å². The van der Waals surface area contributed by atoms with Crippen molar-refractivity contribution < 1.29 is 4.79 Å². The third-order valence-electron chi connectivity index (χ3n) is 3.10. The minimum Gasteiger partial charge on any atom is -0.301 e. The summed E-state index contributed by atoms with van der Waals surface area (Å²) in [5.41, 5.74) is 1.87. The van der Waals surface area contributed by atoms with E-state index in [0.29, 0.717) is 10.0 Å². The Bertz CT molecular complexity index is 736. The molecule has 0 radical (unpaired) electrons. The molecule has 5 nitrogen and oxygen atoms in total. The quantitative estimate of drug-likeness (QED) is 0.879. The molecule has 7 heteroatoms. The van der Waals surface area contributed by atoms with E-state index in [1.165, 1.54) is 11.3 Å². The van der Waals surface area contributed by atoms with E-state index in [1.807, 2.05) is 20.8 Å². The van der Waals surface area contributed by atoms with Gasteiger partial charge in [0.1, 0.15) is 10.7 Å². The summed E-state index contributed by atoms with van der Waals surface area (Å²) in [5, 5.41) is 4.57. The molecule has 1 amide bonds. The number of aromatic nitrogens is 2. The third-order valence-corrected chi connectivity index (χ3v) is 5.17. The summed E-state index contributed by atoms with van der Waals surface area (Å²) in [6.45, 7) is 6.54. The molecule has 104 valence electrons. The van der Waals surface area contributed by atoms with E-state index in [2.05, 4.69) is 20.3 Å². The van der Waals surface area contributed by atoms with E-state index >= 15 is 0 Å². The molecule has 0 unspecified atom stereocenters. The number of nitrogens with zero attached hydrogens (tertiary/aromatic N) is 3. The van der Waals surface area contributed by atoms with Crippen LogP contribution in [0.25, 0.3) is 10.2 Å². The predicted molar refractivity (Wildman–Crippen MR) is 83.9 cm³/mol. The van der Waals surface area contributed by atoms with Crippen LogP contribution >= 0.6 is 23.1 Å². The second-order valence-electron chi connectivity index (χ2n) is 4.58. The fourth-order valence-electron chi connectivity index (χ4n) is 2.25. The Morgan fingerprint density at radius 1 is 1.25 bits per heavy atom. The molecule has 0 spiro atoms. The number of thioether (sulfide) groups is 1. The smallest absolute Gasteiger partial charge is 0.267 e. The molecule has 20 heavy (non-hydrogen) atoms. The first-order valence-electron chi connectivity index (χ1n) is 6.29. The summed E-state index contributed by atoms with van der Waals surface area (Å²) < 4.78 is 0. The van der Waals surface area contributed by atoms with Crippen LogP contribution in [0, 0.1) is 20.8 Å². The van der Waals surface area contributed by atoms with Crippen LogP contribution < -0.4 is 5.32 Å². The molecule has 2 aromatic rings. The number of nitrogens with one attached hydrogen (secondary N) is 1. The molecule has 1 aliphatic rings. The average molecular weight is 306 g/mol. The molecule has 2 aromatic heterocycles. The Labute approximate surface area is 124 Å². The van der Waals surface area contributed by atoms with E-state index in [4.69, 9.17) is 0 Å². The topological polar surface area (TPSA) is 67.2 Å². The minimum absolute atomic E-state index is 0.101. The van der Waals surface area contributed by atoms with Crippen molar-refractivity contribution in [3.8, 4) is 0 Å². The summed E-state index contributed by atoms with van der Waals surface area (Å²) in [6, 6.07) is 0. The fourth-order valence-corrected chi connectivity index (χ4v) is 4.15. The summed E-state index contributed by atoms with van der Waals surface area (Å²) in [4.78, 5) is 27.0. The molecular weight excluding hydrogens is 292 g/mol. The maximum Gasteiger partial charge on any atom is 0.267 e. The zero-order valence-corrected chi connectivity index (χ0v) is 13.1. The number of hydrogen-bond donors (Lipinski definition) is 1. The van der Waals surface area contributed by atoms with Crippen molar-refractivity contribution in [2.45, 2.75) is 20.8 Å². The first-order chi connectivity index (χ1) is 9.56. The van der Waals surface area contributed by atoms with Gasteiger partial charge in [0, 0.05) is 16.8 Å². The number of carbonyl (C=O) groups is 1. The Morgan fingerprint density at radius 3 is 2.75 bits per heavy atom. The SMILES string of the molecule is Cc1nc(C)c2c(C)c(C(=O)NC3=NCCS3)sc2n1. The summed E-state index contributed by atoms with van der Waals surface area (Å²) in [5.74, 6) is 1.57. The van der Waals surface area contributed by atoms with Gasteiger partial charge < -0.3 is 5.32 Å².